The summed E-state index contributed by atoms with van der Waals surface area (Å²) >= 11 is 0. The molecule has 1 unspecified atom stereocenters. The molecule has 1 atom stereocenters. The lowest BCUT2D eigenvalue weighted by Crippen LogP contribution is -2.38. The summed E-state index contributed by atoms with van der Waals surface area (Å²) in [6.45, 7) is 12.1. The molecular formula is C69H130N2O14. The summed E-state index contributed by atoms with van der Waals surface area (Å²) in [6.07, 6.45) is 43.6. The third kappa shape index (κ3) is 61.6. The van der Waals surface area contributed by atoms with Gasteiger partial charge in [-0.1, -0.05) is 240 Å². The van der Waals surface area contributed by atoms with Gasteiger partial charge in [-0.05, 0) is 46.2 Å². The molecule has 0 aromatic heterocycles. The van der Waals surface area contributed by atoms with E-state index in [4.69, 9.17) is 38.0 Å². The number of esters is 5. The van der Waals surface area contributed by atoms with Gasteiger partial charge in [-0.2, -0.15) is 0 Å². The Labute approximate surface area is 519 Å². The summed E-state index contributed by atoms with van der Waals surface area (Å²) < 4.78 is 39.9. The zero-order valence-electron chi connectivity index (χ0n) is 55.7. The highest BCUT2D eigenvalue weighted by atomic mass is 16.6. The Morgan fingerprint density at radius 1 is 0.306 bits per heavy atom. The van der Waals surface area contributed by atoms with Crippen LogP contribution in [0.3, 0.4) is 0 Å². The first kappa shape index (κ1) is 83.3. The van der Waals surface area contributed by atoms with Gasteiger partial charge in [0.05, 0.1) is 59.0 Å². The van der Waals surface area contributed by atoms with Gasteiger partial charge < -0.3 is 47.8 Å². The number of rotatable bonds is 63. The highest BCUT2D eigenvalue weighted by Crippen LogP contribution is 2.17. The molecule has 0 aliphatic rings. The van der Waals surface area contributed by atoms with Crippen LogP contribution in [0.25, 0.3) is 0 Å². The van der Waals surface area contributed by atoms with Crippen molar-refractivity contribution < 1.29 is 66.7 Å². The molecule has 0 aliphatic carbocycles. The van der Waals surface area contributed by atoms with Crippen molar-refractivity contribution in [3.63, 3.8) is 0 Å². The number of carbonyl (C=O) groups excluding carboxylic acids is 7. The Morgan fingerprint density at radius 3 is 0.918 bits per heavy atom. The summed E-state index contributed by atoms with van der Waals surface area (Å²) in [5.41, 5.74) is 0. The van der Waals surface area contributed by atoms with Gasteiger partial charge >= 0.3 is 35.9 Å². The molecule has 0 saturated heterocycles. The molecule has 85 heavy (non-hydrogen) atoms. The smallest absolute Gasteiger partial charge is 0.409 e. The molecule has 0 bridgehead atoms. The molecule has 500 valence electrons. The number of carbonyl (C=O) groups is 7. The third-order valence-corrected chi connectivity index (χ3v) is 15.3. The molecule has 0 fully saturated rings. The van der Waals surface area contributed by atoms with Crippen LogP contribution in [0, 0.1) is 11.8 Å². The van der Waals surface area contributed by atoms with Crippen molar-refractivity contribution in [1.82, 2.24) is 9.80 Å². The van der Waals surface area contributed by atoms with Crippen molar-refractivity contribution in [3.05, 3.63) is 0 Å². The Bertz CT molecular complexity index is 1500. The molecular weight excluding hydrogens is 1080 g/mol. The summed E-state index contributed by atoms with van der Waals surface area (Å²) in [6, 6.07) is 0. The zero-order chi connectivity index (χ0) is 62.9. The van der Waals surface area contributed by atoms with Crippen molar-refractivity contribution >= 4 is 42.7 Å². The predicted molar refractivity (Wildman–Crippen MR) is 342 cm³/mol. The molecule has 1 amide bonds. The second-order valence-corrected chi connectivity index (χ2v) is 23.9. The third-order valence-electron chi connectivity index (χ3n) is 15.3. The number of amides is 1. The Morgan fingerprint density at radius 2 is 0.600 bits per heavy atom. The van der Waals surface area contributed by atoms with Crippen LogP contribution in [0.15, 0.2) is 0 Å². The average molecular weight is 1210 g/mol. The number of ether oxygens (including phenoxy) is 7. The van der Waals surface area contributed by atoms with E-state index in [1.807, 2.05) is 25.8 Å². The van der Waals surface area contributed by atoms with Gasteiger partial charge in [0.1, 0.15) is 20.0 Å². The number of nitrogens with zero attached hydrogens (tertiary/aromatic N) is 2. The second kappa shape index (κ2) is 66.2. The number of unbranched alkanes of at least 4 members (excludes halogenated alkanes) is 33. The quantitative estimate of drug-likeness (QED) is 0.0317. The van der Waals surface area contributed by atoms with Gasteiger partial charge in [0.25, 0.3) is 0 Å². The standard InChI is InChI=1S/C68H128N2O13.CH2O/c1-7-11-15-19-23-27-31-35-39-43-51-77-57-61(58-81-63(71)45-40-36-32-28-24-20-16-12-8-2)55-66(74)78-53-49-70(68(76)80-52-44-48-69(5)6)50-54-79-67(75)56-62(59-82-64(72)46-41-37-33-29-25-21-17-13-9-3)60-83-65(73)47-42-38-34-30-26-22-18-14-10-4;1-2/h61-62H,7-60H2,1-6H3;1H2. The fourth-order valence-corrected chi connectivity index (χ4v) is 9.92. The van der Waals surface area contributed by atoms with Crippen molar-refractivity contribution in [2.75, 3.05) is 86.6 Å². The fraction of sp³-hybridized carbons (Fsp3) is 0.899. The maximum atomic E-state index is 13.4. The molecule has 16 heteroatoms. The summed E-state index contributed by atoms with van der Waals surface area (Å²) in [4.78, 5) is 89.9. The minimum atomic E-state index is -0.636. The minimum absolute atomic E-state index is 0.0180. The van der Waals surface area contributed by atoms with Crippen LogP contribution in [-0.2, 0) is 61.9 Å². The first-order valence-corrected chi connectivity index (χ1v) is 34.7. The van der Waals surface area contributed by atoms with E-state index in [0.29, 0.717) is 26.0 Å². The molecule has 0 aliphatic heterocycles. The van der Waals surface area contributed by atoms with Crippen LogP contribution in [-0.4, -0.2) is 139 Å². The van der Waals surface area contributed by atoms with Crippen LogP contribution in [0.1, 0.15) is 304 Å². The molecule has 0 aromatic carbocycles. The van der Waals surface area contributed by atoms with Crippen molar-refractivity contribution in [1.29, 1.82) is 0 Å². The molecule has 0 radical (unpaired) electrons. The molecule has 0 heterocycles. The SMILES string of the molecule is C=O.CCCCCCCCCCCCOCC(COC(=O)CCCCCCCCCCC)CC(=O)OCCN(CCOC(=O)CC(COC(=O)CCCCCCCCCCC)COC(=O)CCCCCCCCCCC)C(=O)OCCCN(C)C. The van der Waals surface area contributed by atoms with Crippen LogP contribution in [0.5, 0.6) is 0 Å². The first-order valence-electron chi connectivity index (χ1n) is 34.7. The van der Waals surface area contributed by atoms with Crippen molar-refractivity contribution in [3.8, 4) is 0 Å². The predicted octanol–water partition coefficient (Wildman–Crippen LogP) is 16.6. The Hall–Kier alpha value is -3.79. The largest absolute Gasteiger partial charge is 0.465 e. The van der Waals surface area contributed by atoms with E-state index in [9.17, 15) is 28.8 Å². The van der Waals surface area contributed by atoms with Gasteiger partial charge in [0.2, 0.25) is 0 Å². The summed E-state index contributed by atoms with van der Waals surface area (Å²) in [5, 5.41) is 0. The molecule has 0 rings (SSSR count). The molecule has 0 saturated carbocycles. The van der Waals surface area contributed by atoms with E-state index in [1.54, 1.807) is 0 Å². The van der Waals surface area contributed by atoms with Gasteiger partial charge in [0.15, 0.2) is 0 Å². The van der Waals surface area contributed by atoms with E-state index in [2.05, 4.69) is 27.7 Å². The molecule has 0 aromatic rings. The number of hydrogen-bond donors (Lipinski definition) is 0. The number of hydrogen-bond acceptors (Lipinski definition) is 15. The lowest BCUT2D eigenvalue weighted by Gasteiger charge is -2.23. The lowest BCUT2D eigenvalue weighted by molar-refractivity contribution is -0.155. The topological polar surface area (TPSA) is 191 Å². The Kier molecular flexibility index (Phi) is 64.8. The fourth-order valence-electron chi connectivity index (χ4n) is 9.92. The van der Waals surface area contributed by atoms with Crippen LogP contribution < -0.4 is 0 Å². The molecule has 16 nitrogen and oxygen atoms in total. The van der Waals surface area contributed by atoms with Crippen molar-refractivity contribution in [2.24, 2.45) is 11.8 Å². The van der Waals surface area contributed by atoms with E-state index in [1.165, 1.54) is 159 Å². The van der Waals surface area contributed by atoms with Crippen LogP contribution >= 0.6 is 0 Å². The van der Waals surface area contributed by atoms with E-state index >= 15 is 0 Å². The van der Waals surface area contributed by atoms with Gasteiger partial charge in [-0.3, -0.25) is 24.0 Å². The van der Waals surface area contributed by atoms with Gasteiger partial charge in [-0.15, -0.1) is 0 Å². The Balaban J connectivity index is 0. The summed E-state index contributed by atoms with van der Waals surface area (Å²) in [7, 11) is 3.87. The first-order chi connectivity index (χ1) is 41.4. The monoisotopic (exact) mass is 1210 g/mol. The minimum Gasteiger partial charge on any atom is -0.465 e. The van der Waals surface area contributed by atoms with Gasteiger partial charge in [-0.25, -0.2) is 4.79 Å². The molecule has 0 spiro atoms. The van der Waals surface area contributed by atoms with Crippen molar-refractivity contribution in [2.45, 2.75) is 304 Å². The second-order valence-electron chi connectivity index (χ2n) is 23.9. The average Bonchev–Trinajstić information content (AvgIpc) is 3.53. The van der Waals surface area contributed by atoms with Gasteiger partial charge in [0, 0.05) is 44.2 Å². The van der Waals surface area contributed by atoms with E-state index < -0.39 is 29.9 Å². The highest BCUT2D eigenvalue weighted by molar-refractivity contribution is 5.72. The highest BCUT2D eigenvalue weighted by Gasteiger charge is 2.23. The maximum absolute atomic E-state index is 13.4. The van der Waals surface area contributed by atoms with Crippen LogP contribution in [0.2, 0.25) is 0 Å². The lowest BCUT2D eigenvalue weighted by atomic mass is 10.1. The normalized spacial score (nSPS) is 11.5. The van der Waals surface area contributed by atoms with E-state index in [-0.39, 0.29) is 103 Å². The van der Waals surface area contributed by atoms with Crippen LogP contribution in [0.4, 0.5) is 4.79 Å². The van der Waals surface area contributed by atoms with E-state index in [0.717, 1.165) is 83.5 Å². The molecule has 0 N–H and O–H groups in total. The summed E-state index contributed by atoms with van der Waals surface area (Å²) in [5.74, 6) is -3.09. The maximum Gasteiger partial charge on any atom is 0.409 e. The zero-order valence-corrected chi connectivity index (χ0v) is 55.7.